The Labute approximate surface area is 176 Å². The second-order valence-electron chi connectivity index (χ2n) is 8.19. The van der Waals surface area contributed by atoms with Crippen molar-refractivity contribution in [2.45, 2.75) is 80.3 Å². The van der Waals surface area contributed by atoms with Crippen molar-refractivity contribution >= 4 is 17.7 Å². The number of nitrogens with one attached hydrogen (secondary N) is 1. The molecule has 2 aromatic rings. The molecule has 1 aromatic heterocycles. The number of carbonyl (C=O) groups excluding carboxylic acids is 1. The van der Waals surface area contributed by atoms with E-state index in [0.717, 1.165) is 55.9 Å². The Kier molecular flexibility index (Phi) is 5.91. The van der Waals surface area contributed by atoms with Gasteiger partial charge in [0.25, 0.3) is 0 Å². The van der Waals surface area contributed by atoms with Gasteiger partial charge < -0.3 is 9.88 Å². The van der Waals surface area contributed by atoms with Crippen LogP contribution in [0, 0.1) is 11.3 Å². The maximum absolute atomic E-state index is 12.9. The first-order valence-electron chi connectivity index (χ1n) is 10.5. The van der Waals surface area contributed by atoms with Gasteiger partial charge in [-0.2, -0.15) is 5.26 Å². The number of hydrogen-bond donors (Lipinski definition) is 1. The number of amides is 1. The zero-order chi connectivity index (χ0) is 20.3. The van der Waals surface area contributed by atoms with Gasteiger partial charge in [0, 0.05) is 5.92 Å². The van der Waals surface area contributed by atoms with Gasteiger partial charge in [0.05, 0.1) is 17.9 Å². The maximum Gasteiger partial charge on any atom is 0.234 e. The zero-order valence-corrected chi connectivity index (χ0v) is 17.6. The van der Waals surface area contributed by atoms with Crippen LogP contribution in [0.5, 0.6) is 0 Å². The molecular weight excluding hydrogens is 382 g/mol. The van der Waals surface area contributed by atoms with E-state index in [4.69, 9.17) is 0 Å². The van der Waals surface area contributed by atoms with E-state index in [2.05, 4.69) is 38.3 Å². The molecule has 4 rings (SSSR count). The third-order valence-electron chi connectivity index (χ3n) is 5.81. The van der Waals surface area contributed by atoms with E-state index in [1.165, 1.54) is 17.3 Å². The molecule has 6 nitrogen and oxygen atoms in total. The van der Waals surface area contributed by atoms with Gasteiger partial charge in [0.15, 0.2) is 5.16 Å². The molecule has 29 heavy (non-hydrogen) atoms. The number of rotatable bonds is 7. The van der Waals surface area contributed by atoms with Crippen molar-refractivity contribution in [2.24, 2.45) is 0 Å². The quantitative estimate of drug-likeness (QED) is 0.698. The number of aromatic nitrogens is 3. The second-order valence-corrected chi connectivity index (χ2v) is 9.50. The SMILES string of the molecule is C[C@@H](Sc1nnc(C2CC2)n1Cc1ccccc1)C(=O)NC1(C#N)CCCCC1. The Balaban J connectivity index is 1.48. The molecule has 1 heterocycles. The molecule has 1 atom stereocenters. The van der Waals surface area contributed by atoms with Crippen molar-refractivity contribution in [3.8, 4) is 6.07 Å². The third kappa shape index (κ3) is 4.64. The first-order chi connectivity index (χ1) is 14.1. The Morgan fingerprint density at radius 1 is 1.28 bits per heavy atom. The van der Waals surface area contributed by atoms with E-state index < -0.39 is 5.54 Å². The largest absolute Gasteiger partial charge is 0.337 e. The number of nitrogens with zero attached hydrogens (tertiary/aromatic N) is 4. The van der Waals surface area contributed by atoms with Crippen LogP contribution in [0.2, 0.25) is 0 Å². The van der Waals surface area contributed by atoms with Crippen LogP contribution in [0.25, 0.3) is 0 Å². The van der Waals surface area contributed by atoms with Gasteiger partial charge in [0.1, 0.15) is 11.4 Å². The summed E-state index contributed by atoms with van der Waals surface area (Å²) in [5, 5.41) is 22.0. The van der Waals surface area contributed by atoms with E-state index in [0.29, 0.717) is 12.5 Å². The summed E-state index contributed by atoms with van der Waals surface area (Å²) in [5.41, 5.74) is 0.486. The first-order valence-corrected chi connectivity index (χ1v) is 11.4. The Hall–Kier alpha value is -2.33. The average molecular weight is 410 g/mol. The molecule has 2 fully saturated rings. The number of hydrogen-bond acceptors (Lipinski definition) is 5. The molecule has 152 valence electrons. The molecule has 7 heteroatoms. The highest BCUT2D eigenvalue weighted by molar-refractivity contribution is 8.00. The molecule has 2 aliphatic carbocycles. The van der Waals surface area contributed by atoms with E-state index in [-0.39, 0.29) is 11.2 Å². The standard InChI is InChI=1S/C22H27N5OS/c1-16(20(28)24-22(15-23)12-6-3-7-13-22)29-21-26-25-19(18-10-11-18)27(21)14-17-8-4-2-5-9-17/h2,4-5,8-9,16,18H,3,6-7,10-14H2,1H3,(H,24,28)/t16-/m1/s1. The van der Waals surface area contributed by atoms with Crippen LogP contribution < -0.4 is 5.32 Å². The molecule has 0 bridgehead atoms. The molecule has 0 spiro atoms. The Morgan fingerprint density at radius 2 is 2.00 bits per heavy atom. The summed E-state index contributed by atoms with van der Waals surface area (Å²) >= 11 is 1.43. The van der Waals surface area contributed by atoms with Crippen LogP contribution in [0.3, 0.4) is 0 Å². The summed E-state index contributed by atoms with van der Waals surface area (Å²) < 4.78 is 2.15. The summed E-state index contributed by atoms with van der Waals surface area (Å²) in [6.45, 7) is 2.59. The summed E-state index contributed by atoms with van der Waals surface area (Å²) in [5.74, 6) is 1.40. The average Bonchev–Trinajstić information content (AvgIpc) is 3.52. The van der Waals surface area contributed by atoms with Gasteiger partial charge in [-0.1, -0.05) is 61.4 Å². The molecule has 2 saturated carbocycles. The minimum atomic E-state index is -0.707. The lowest BCUT2D eigenvalue weighted by molar-refractivity contribution is -0.121. The first kappa shape index (κ1) is 20.0. The van der Waals surface area contributed by atoms with Crippen molar-refractivity contribution in [3.63, 3.8) is 0 Å². The lowest BCUT2D eigenvalue weighted by Crippen LogP contribution is -2.51. The maximum atomic E-state index is 12.9. The van der Waals surface area contributed by atoms with Crippen molar-refractivity contribution in [1.82, 2.24) is 20.1 Å². The fourth-order valence-corrected chi connectivity index (χ4v) is 4.77. The lowest BCUT2D eigenvalue weighted by Gasteiger charge is -2.32. The van der Waals surface area contributed by atoms with E-state index in [9.17, 15) is 10.1 Å². The summed E-state index contributed by atoms with van der Waals surface area (Å²) in [6.07, 6.45) is 6.90. The third-order valence-corrected chi connectivity index (χ3v) is 6.89. The zero-order valence-electron chi connectivity index (χ0n) is 16.8. The van der Waals surface area contributed by atoms with E-state index in [1.807, 2.05) is 25.1 Å². The summed E-state index contributed by atoms with van der Waals surface area (Å²) in [7, 11) is 0. The van der Waals surface area contributed by atoms with Crippen molar-refractivity contribution < 1.29 is 4.79 Å². The highest BCUT2D eigenvalue weighted by Gasteiger charge is 2.36. The predicted molar refractivity (Wildman–Crippen MR) is 112 cm³/mol. The van der Waals surface area contributed by atoms with Gasteiger partial charge in [-0.15, -0.1) is 10.2 Å². The number of nitriles is 1. The van der Waals surface area contributed by atoms with Gasteiger partial charge in [-0.3, -0.25) is 4.79 Å². The fraction of sp³-hybridized carbons (Fsp3) is 0.545. The number of benzene rings is 1. The van der Waals surface area contributed by atoms with Crippen LogP contribution in [0.4, 0.5) is 0 Å². The highest BCUT2D eigenvalue weighted by atomic mass is 32.2. The molecule has 0 unspecified atom stereocenters. The van der Waals surface area contributed by atoms with Crippen molar-refractivity contribution in [2.75, 3.05) is 0 Å². The summed E-state index contributed by atoms with van der Waals surface area (Å²) in [6, 6.07) is 12.6. The second kappa shape index (κ2) is 8.58. The van der Waals surface area contributed by atoms with Crippen LogP contribution in [0.15, 0.2) is 35.5 Å². The minimum Gasteiger partial charge on any atom is -0.337 e. The molecule has 0 radical (unpaired) electrons. The van der Waals surface area contributed by atoms with Gasteiger partial charge >= 0.3 is 0 Å². The lowest BCUT2D eigenvalue weighted by atomic mass is 9.83. The Bertz CT molecular complexity index is 894. The van der Waals surface area contributed by atoms with Gasteiger partial charge in [0.2, 0.25) is 5.91 Å². The van der Waals surface area contributed by atoms with Crippen molar-refractivity contribution in [3.05, 3.63) is 41.7 Å². The molecule has 2 aliphatic rings. The van der Waals surface area contributed by atoms with Crippen LogP contribution >= 0.6 is 11.8 Å². The number of carbonyl (C=O) groups is 1. The predicted octanol–water partition coefficient (Wildman–Crippen LogP) is 4.03. The summed E-state index contributed by atoms with van der Waals surface area (Å²) in [4.78, 5) is 12.9. The van der Waals surface area contributed by atoms with Crippen LogP contribution in [-0.2, 0) is 11.3 Å². The molecule has 0 aliphatic heterocycles. The van der Waals surface area contributed by atoms with Crippen LogP contribution in [0.1, 0.15) is 69.2 Å². The van der Waals surface area contributed by atoms with Gasteiger partial charge in [-0.05, 0) is 38.2 Å². The van der Waals surface area contributed by atoms with Crippen LogP contribution in [-0.4, -0.2) is 31.5 Å². The molecular formula is C22H27N5OS. The van der Waals surface area contributed by atoms with E-state index in [1.54, 1.807) is 0 Å². The molecule has 1 N–H and O–H groups in total. The number of thioether (sulfide) groups is 1. The fourth-order valence-electron chi connectivity index (χ4n) is 3.91. The molecule has 1 amide bonds. The highest BCUT2D eigenvalue weighted by Crippen LogP contribution is 2.40. The topological polar surface area (TPSA) is 83.6 Å². The van der Waals surface area contributed by atoms with Crippen molar-refractivity contribution in [1.29, 1.82) is 5.26 Å². The molecule has 0 saturated heterocycles. The van der Waals surface area contributed by atoms with E-state index >= 15 is 0 Å². The Morgan fingerprint density at radius 3 is 2.66 bits per heavy atom. The van der Waals surface area contributed by atoms with Gasteiger partial charge in [-0.25, -0.2) is 0 Å². The smallest absolute Gasteiger partial charge is 0.234 e. The monoisotopic (exact) mass is 409 g/mol. The normalized spacial score (nSPS) is 19.3. The molecule has 1 aromatic carbocycles. The minimum absolute atomic E-state index is 0.0966.